The van der Waals surface area contributed by atoms with Crippen molar-refractivity contribution < 1.29 is 0 Å². The number of anilines is 1. The summed E-state index contributed by atoms with van der Waals surface area (Å²) in [4.78, 5) is 4.26. The molecule has 1 aromatic heterocycles. The van der Waals surface area contributed by atoms with Gasteiger partial charge in [0.1, 0.15) is 11.9 Å². The van der Waals surface area contributed by atoms with Crippen LogP contribution in [0.1, 0.15) is 11.4 Å². The number of nitriles is 1. The third-order valence-electron chi connectivity index (χ3n) is 2.69. The summed E-state index contributed by atoms with van der Waals surface area (Å²) in [5, 5.41) is 12.1. The molecular weight excluding hydrogens is 292 g/mol. The molecule has 2 aromatic rings. The van der Waals surface area contributed by atoms with E-state index in [9.17, 15) is 0 Å². The van der Waals surface area contributed by atoms with Crippen molar-refractivity contribution in [3.8, 4) is 6.07 Å². The number of nitrogens with one attached hydrogen (secondary N) is 1. The van der Waals surface area contributed by atoms with E-state index in [-0.39, 0.29) is 0 Å². The van der Waals surface area contributed by atoms with Gasteiger partial charge < -0.3 is 9.88 Å². The van der Waals surface area contributed by atoms with Gasteiger partial charge >= 0.3 is 0 Å². The third-order valence-corrected chi connectivity index (χ3v) is 3.34. The summed E-state index contributed by atoms with van der Waals surface area (Å²) in [5.41, 5.74) is 1.64. The molecule has 0 unspecified atom stereocenters. The molecule has 4 nitrogen and oxygen atoms in total. The van der Waals surface area contributed by atoms with Crippen molar-refractivity contribution in [2.75, 3.05) is 11.9 Å². The van der Waals surface area contributed by atoms with Crippen LogP contribution in [0.5, 0.6) is 0 Å². The highest BCUT2D eigenvalue weighted by Crippen LogP contribution is 2.20. The first kappa shape index (κ1) is 12.7. The highest BCUT2D eigenvalue weighted by Gasteiger charge is 2.01. The molecule has 1 aromatic carbocycles. The lowest BCUT2D eigenvalue weighted by Gasteiger charge is -2.07. The van der Waals surface area contributed by atoms with E-state index in [0.717, 1.165) is 29.0 Å². The number of rotatable bonds is 4. The van der Waals surface area contributed by atoms with Crippen molar-refractivity contribution in [1.29, 1.82) is 5.26 Å². The predicted octanol–water partition coefficient (Wildman–Crippen LogP) is 2.71. The van der Waals surface area contributed by atoms with E-state index in [4.69, 9.17) is 5.26 Å². The van der Waals surface area contributed by atoms with Gasteiger partial charge in [0.15, 0.2) is 0 Å². The Bertz CT molecular complexity index is 583. The van der Waals surface area contributed by atoms with Crippen molar-refractivity contribution in [3.05, 3.63) is 46.5 Å². The minimum absolute atomic E-state index is 0.643. The maximum atomic E-state index is 8.83. The Morgan fingerprint density at radius 2 is 2.33 bits per heavy atom. The average molecular weight is 305 g/mol. The second-order valence-electron chi connectivity index (χ2n) is 3.94. The van der Waals surface area contributed by atoms with Crippen LogP contribution in [0.25, 0.3) is 0 Å². The topological polar surface area (TPSA) is 53.6 Å². The summed E-state index contributed by atoms with van der Waals surface area (Å²) in [6.07, 6.45) is 4.60. The van der Waals surface area contributed by atoms with Gasteiger partial charge in [-0.1, -0.05) is 0 Å². The van der Waals surface area contributed by atoms with Crippen LogP contribution in [-0.2, 0) is 13.5 Å². The normalized spacial score (nSPS) is 10.1. The molecule has 0 fully saturated rings. The third kappa shape index (κ3) is 2.90. The van der Waals surface area contributed by atoms with Gasteiger partial charge in [-0.2, -0.15) is 5.26 Å². The molecule has 2 rings (SSSR count). The van der Waals surface area contributed by atoms with E-state index in [1.54, 1.807) is 12.3 Å². The van der Waals surface area contributed by atoms with E-state index in [0.29, 0.717) is 5.56 Å². The van der Waals surface area contributed by atoms with Gasteiger partial charge in [-0.05, 0) is 34.1 Å². The van der Waals surface area contributed by atoms with Crippen molar-refractivity contribution in [3.63, 3.8) is 0 Å². The molecular formula is C13H13BrN4. The van der Waals surface area contributed by atoms with Crippen molar-refractivity contribution in [1.82, 2.24) is 9.55 Å². The van der Waals surface area contributed by atoms with Gasteiger partial charge in [0.05, 0.1) is 5.56 Å². The van der Waals surface area contributed by atoms with Gasteiger partial charge in [0, 0.05) is 42.6 Å². The molecule has 0 radical (unpaired) electrons. The van der Waals surface area contributed by atoms with Crippen LogP contribution in [0, 0.1) is 11.3 Å². The molecule has 1 N–H and O–H groups in total. The predicted molar refractivity (Wildman–Crippen MR) is 74.3 cm³/mol. The molecule has 0 aliphatic rings. The second kappa shape index (κ2) is 5.69. The fourth-order valence-corrected chi connectivity index (χ4v) is 2.14. The molecule has 0 bridgehead atoms. The molecule has 18 heavy (non-hydrogen) atoms. The molecule has 5 heteroatoms. The molecule has 0 spiro atoms. The minimum atomic E-state index is 0.643. The van der Waals surface area contributed by atoms with Crippen molar-refractivity contribution in [2.24, 2.45) is 7.05 Å². The standard InChI is InChI=1S/C13H13BrN4/c1-18-7-6-17-13(18)4-5-16-11-3-2-10(9-15)12(14)8-11/h2-3,6-8,16H,4-5H2,1H3. The Labute approximate surface area is 114 Å². The molecule has 0 amide bonds. The minimum Gasteiger partial charge on any atom is -0.385 e. The highest BCUT2D eigenvalue weighted by atomic mass is 79.9. The lowest BCUT2D eigenvalue weighted by Crippen LogP contribution is -2.08. The summed E-state index contributed by atoms with van der Waals surface area (Å²) in [6, 6.07) is 7.74. The van der Waals surface area contributed by atoms with E-state index >= 15 is 0 Å². The van der Waals surface area contributed by atoms with Crippen molar-refractivity contribution in [2.45, 2.75) is 6.42 Å². The van der Waals surface area contributed by atoms with Crippen molar-refractivity contribution >= 4 is 21.6 Å². The summed E-state index contributed by atoms with van der Waals surface area (Å²) in [5.74, 6) is 1.05. The van der Waals surface area contributed by atoms with Crippen LogP contribution in [0.15, 0.2) is 35.1 Å². The van der Waals surface area contributed by atoms with Crippen LogP contribution in [0.3, 0.4) is 0 Å². The van der Waals surface area contributed by atoms with Crippen LogP contribution in [0.2, 0.25) is 0 Å². The van der Waals surface area contributed by atoms with Crippen LogP contribution < -0.4 is 5.32 Å². The van der Waals surface area contributed by atoms with E-state index < -0.39 is 0 Å². The fourth-order valence-electron chi connectivity index (χ4n) is 1.67. The monoisotopic (exact) mass is 304 g/mol. The quantitative estimate of drug-likeness (QED) is 0.945. The summed E-state index contributed by atoms with van der Waals surface area (Å²) in [6.45, 7) is 0.809. The fraction of sp³-hybridized carbons (Fsp3) is 0.231. The Balaban J connectivity index is 1.93. The number of hydrogen-bond acceptors (Lipinski definition) is 3. The van der Waals surface area contributed by atoms with Gasteiger partial charge in [0.25, 0.3) is 0 Å². The zero-order valence-electron chi connectivity index (χ0n) is 10.0. The molecule has 1 heterocycles. The second-order valence-corrected chi connectivity index (χ2v) is 4.79. The molecule has 0 atom stereocenters. The average Bonchev–Trinajstić information content (AvgIpc) is 2.75. The first-order valence-electron chi connectivity index (χ1n) is 5.60. The molecule has 0 saturated carbocycles. The molecule has 0 aliphatic heterocycles. The van der Waals surface area contributed by atoms with Gasteiger partial charge in [-0.3, -0.25) is 0 Å². The number of aromatic nitrogens is 2. The van der Waals surface area contributed by atoms with E-state index in [1.165, 1.54) is 0 Å². The zero-order chi connectivity index (χ0) is 13.0. The molecule has 92 valence electrons. The van der Waals surface area contributed by atoms with E-state index in [1.807, 2.05) is 29.9 Å². The van der Waals surface area contributed by atoms with Gasteiger partial charge in [0.2, 0.25) is 0 Å². The lowest BCUT2D eigenvalue weighted by molar-refractivity contribution is 0.789. The van der Waals surface area contributed by atoms with Crippen LogP contribution >= 0.6 is 15.9 Å². The highest BCUT2D eigenvalue weighted by molar-refractivity contribution is 9.10. The SMILES string of the molecule is Cn1ccnc1CCNc1ccc(C#N)c(Br)c1. The Kier molecular flexibility index (Phi) is 4.00. The van der Waals surface area contributed by atoms with Gasteiger partial charge in [-0.25, -0.2) is 4.98 Å². The number of halogens is 1. The number of aryl methyl sites for hydroxylation is 1. The lowest BCUT2D eigenvalue weighted by atomic mass is 10.2. The zero-order valence-corrected chi connectivity index (χ0v) is 11.6. The molecule has 0 aliphatic carbocycles. The van der Waals surface area contributed by atoms with E-state index in [2.05, 4.69) is 32.3 Å². The Morgan fingerprint density at radius 1 is 1.50 bits per heavy atom. The molecule has 0 saturated heterocycles. The number of imidazole rings is 1. The maximum Gasteiger partial charge on any atom is 0.110 e. The van der Waals surface area contributed by atoms with Crippen LogP contribution in [0.4, 0.5) is 5.69 Å². The summed E-state index contributed by atoms with van der Waals surface area (Å²) in [7, 11) is 1.99. The summed E-state index contributed by atoms with van der Waals surface area (Å²) >= 11 is 3.37. The number of nitrogens with zero attached hydrogens (tertiary/aromatic N) is 3. The summed E-state index contributed by atoms with van der Waals surface area (Å²) < 4.78 is 2.82. The first-order chi connectivity index (χ1) is 8.70. The Morgan fingerprint density at radius 3 is 2.94 bits per heavy atom. The van der Waals surface area contributed by atoms with Crippen LogP contribution in [-0.4, -0.2) is 16.1 Å². The largest absolute Gasteiger partial charge is 0.385 e. The number of hydrogen-bond donors (Lipinski definition) is 1. The first-order valence-corrected chi connectivity index (χ1v) is 6.39. The maximum absolute atomic E-state index is 8.83. The van der Waals surface area contributed by atoms with Gasteiger partial charge in [-0.15, -0.1) is 0 Å². The number of benzene rings is 1. The smallest absolute Gasteiger partial charge is 0.110 e. The Hall–Kier alpha value is -1.80.